The van der Waals surface area contributed by atoms with Gasteiger partial charge in [0.15, 0.2) is 0 Å². The highest BCUT2D eigenvalue weighted by atomic mass is 35.5. The molecule has 160 valence electrons. The maximum atomic E-state index is 13.4. The second-order valence-corrected chi connectivity index (χ2v) is 10.0. The molecule has 0 unspecified atom stereocenters. The number of rotatable bonds is 5. The predicted molar refractivity (Wildman–Crippen MR) is 123 cm³/mol. The van der Waals surface area contributed by atoms with E-state index in [1.807, 2.05) is 18.2 Å². The van der Waals surface area contributed by atoms with E-state index in [-0.39, 0.29) is 33.1 Å². The topological polar surface area (TPSA) is 57.7 Å². The Morgan fingerprint density at radius 3 is 2.19 bits per heavy atom. The molecule has 0 N–H and O–H groups in total. The predicted octanol–water partition coefficient (Wildman–Crippen LogP) is 4.77. The molecular weight excluding hydrogens is 455 g/mol. The summed E-state index contributed by atoms with van der Waals surface area (Å²) in [6.07, 6.45) is 0.732. The second-order valence-electron chi connectivity index (χ2n) is 7.29. The van der Waals surface area contributed by atoms with Gasteiger partial charge in [-0.05, 0) is 47.9 Å². The monoisotopic (exact) mass is 474 g/mol. The molecule has 0 spiro atoms. The molecule has 0 bridgehead atoms. The van der Waals surface area contributed by atoms with Crippen molar-refractivity contribution in [1.82, 2.24) is 4.90 Å². The summed E-state index contributed by atoms with van der Waals surface area (Å²) in [4.78, 5) is 15.0. The summed E-state index contributed by atoms with van der Waals surface area (Å²) in [5, 5.41) is 0.574. The Hall–Kier alpha value is -2.54. The number of halogens is 2. The van der Waals surface area contributed by atoms with Gasteiger partial charge in [0, 0.05) is 23.1 Å². The van der Waals surface area contributed by atoms with Gasteiger partial charge in [-0.25, -0.2) is 8.42 Å². The molecule has 5 nitrogen and oxygen atoms in total. The average Bonchev–Trinajstić information content (AvgIpc) is 2.76. The second kappa shape index (κ2) is 8.91. The van der Waals surface area contributed by atoms with Crippen molar-refractivity contribution in [3.63, 3.8) is 0 Å². The molecule has 8 heteroatoms. The minimum Gasteiger partial charge on any atom is -0.336 e. The highest BCUT2D eigenvalue weighted by Crippen LogP contribution is 2.30. The molecule has 3 aromatic carbocycles. The smallest absolute Gasteiger partial charge is 0.264 e. The lowest BCUT2D eigenvalue weighted by Crippen LogP contribution is -2.44. The van der Waals surface area contributed by atoms with Crippen molar-refractivity contribution in [3.8, 4) is 0 Å². The molecule has 0 fully saturated rings. The molecule has 1 heterocycles. The van der Waals surface area contributed by atoms with E-state index in [9.17, 15) is 13.2 Å². The SMILES string of the molecule is O=C(CN(c1cc(Cl)cc(Cl)c1)S(=O)(=O)c1ccccc1)N1CCc2ccccc2C1. The Kier molecular flexibility index (Phi) is 6.23. The molecular formula is C23H20Cl2N2O3S. The van der Waals surface area contributed by atoms with Gasteiger partial charge in [-0.15, -0.1) is 0 Å². The van der Waals surface area contributed by atoms with Gasteiger partial charge in [0.05, 0.1) is 10.6 Å². The summed E-state index contributed by atoms with van der Waals surface area (Å²) < 4.78 is 28.0. The number of sulfonamides is 1. The first-order valence-electron chi connectivity index (χ1n) is 9.73. The molecule has 0 atom stereocenters. The molecule has 1 aliphatic heterocycles. The summed E-state index contributed by atoms with van der Waals surface area (Å²) in [5.74, 6) is -0.287. The number of hydrogen-bond acceptors (Lipinski definition) is 3. The Morgan fingerprint density at radius 1 is 0.903 bits per heavy atom. The Labute approximate surface area is 191 Å². The number of nitrogens with zero attached hydrogens (tertiary/aromatic N) is 2. The lowest BCUT2D eigenvalue weighted by molar-refractivity contribution is -0.130. The van der Waals surface area contributed by atoms with Gasteiger partial charge in [-0.2, -0.15) is 0 Å². The van der Waals surface area contributed by atoms with Crippen molar-refractivity contribution in [2.45, 2.75) is 17.9 Å². The van der Waals surface area contributed by atoms with E-state index >= 15 is 0 Å². The number of carbonyl (C=O) groups is 1. The minimum absolute atomic E-state index is 0.0860. The van der Waals surface area contributed by atoms with Crippen LogP contribution in [0.25, 0.3) is 0 Å². The lowest BCUT2D eigenvalue weighted by Gasteiger charge is -2.32. The molecule has 0 saturated heterocycles. The first-order chi connectivity index (χ1) is 14.8. The molecule has 0 radical (unpaired) electrons. The van der Waals surface area contributed by atoms with E-state index in [1.54, 1.807) is 23.1 Å². The van der Waals surface area contributed by atoms with Gasteiger partial charge in [-0.3, -0.25) is 9.10 Å². The molecule has 0 aliphatic carbocycles. The highest BCUT2D eigenvalue weighted by molar-refractivity contribution is 7.92. The van der Waals surface area contributed by atoms with Crippen LogP contribution in [0.3, 0.4) is 0 Å². The maximum Gasteiger partial charge on any atom is 0.264 e. The summed E-state index contributed by atoms with van der Waals surface area (Å²) in [7, 11) is -4.01. The molecule has 31 heavy (non-hydrogen) atoms. The van der Waals surface area contributed by atoms with E-state index in [4.69, 9.17) is 23.2 Å². The van der Waals surface area contributed by atoms with E-state index < -0.39 is 10.0 Å². The normalized spacial score (nSPS) is 13.5. The first-order valence-corrected chi connectivity index (χ1v) is 11.9. The zero-order chi connectivity index (χ0) is 22.0. The number of carbonyl (C=O) groups excluding carboxylic acids is 1. The number of fused-ring (bicyclic) bond motifs is 1. The van der Waals surface area contributed by atoms with Crippen molar-refractivity contribution in [3.05, 3.63) is 94.0 Å². The Balaban J connectivity index is 1.67. The highest BCUT2D eigenvalue weighted by Gasteiger charge is 2.30. The summed E-state index contributed by atoms with van der Waals surface area (Å²) in [6, 6.07) is 20.5. The zero-order valence-electron chi connectivity index (χ0n) is 16.5. The van der Waals surface area contributed by atoms with Crippen LogP contribution in [0.2, 0.25) is 10.0 Å². The van der Waals surface area contributed by atoms with Gasteiger partial charge in [0.25, 0.3) is 10.0 Å². The maximum absolute atomic E-state index is 13.4. The quantitative estimate of drug-likeness (QED) is 0.534. The van der Waals surface area contributed by atoms with Crippen LogP contribution >= 0.6 is 23.2 Å². The van der Waals surface area contributed by atoms with Crippen LogP contribution in [0.5, 0.6) is 0 Å². The van der Waals surface area contributed by atoms with Crippen molar-refractivity contribution in [2.75, 3.05) is 17.4 Å². The third-order valence-electron chi connectivity index (χ3n) is 5.23. The van der Waals surface area contributed by atoms with E-state index in [0.29, 0.717) is 13.1 Å². The molecule has 3 aromatic rings. The van der Waals surface area contributed by atoms with Crippen LogP contribution in [0.4, 0.5) is 5.69 Å². The van der Waals surface area contributed by atoms with Gasteiger partial charge >= 0.3 is 0 Å². The number of benzene rings is 3. The number of amides is 1. The van der Waals surface area contributed by atoms with Gasteiger partial charge in [0.1, 0.15) is 6.54 Å². The van der Waals surface area contributed by atoms with E-state index in [2.05, 4.69) is 6.07 Å². The first kappa shape index (κ1) is 21.7. The lowest BCUT2D eigenvalue weighted by atomic mass is 10.00. The standard InChI is InChI=1S/C23H20Cl2N2O3S/c24-19-12-20(25)14-21(13-19)27(31(29,30)22-8-2-1-3-9-22)16-23(28)26-11-10-17-6-4-5-7-18(17)15-26/h1-9,12-14H,10-11,15-16H2. The Bertz CT molecular complexity index is 1200. The fraction of sp³-hybridized carbons (Fsp3) is 0.174. The number of hydrogen-bond donors (Lipinski definition) is 0. The Morgan fingerprint density at radius 2 is 1.52 bits per heavy atom. The fourth-order valence-electron chi connectivity index (χ4n) is 3.65. The molecule has 1 amide bonds. The van der Waals surface area contributed by atoms with Crippen molar-refractivity contribution in [1.29, 1.82) is 0 Å². The van der Waals surface area contributed by atoms with Crippen LogP contribution < -0.4 is 4.31 Å². The van der Waals surface area contributed by atoms with E-state index in [1.165, 1.54) is 35.9 Å². The average molecular weight is 475 g/mol. The molecule has 1 aliphatic rings. The van der Waals surface area contributed by atoms with Crippen LogP contribution in [0, 0.1) is 0 Å². The number of anilines is 1. The summed E-state index contributed by atoms with van der Waals surface area (Å²) >= 11 is 12.3. The minimum atomic E-state index is -4.01. The largest absolute Gasteiger partial charge is 0.336 e. The van der Waals surface area contributed by atoms with Crippen molar-refractivity contribution in [2.24, 2.45) is 0 Å². The summed E-state index contributed by atoms with van der Waals surface area (Å²) in [5.41, 5.74) is 2.53. The van der Waals surface area contributed by atoms with Crippen LogP contribution in [-0.4, -0.2) is 32.3 Å². The molecule has 0 aromatic heterocycles. The van der Waals surface area contributed by atoms with Gasteiger partial charge < -0.3 is 4.90 Å². The van der Waals surface area contributed by atoms with Crippen molar-refractivity contribution >= 4 is 44.8 Å². The van der Waals surface area contributed by atoms with E-state index in [0.717, 1.165) is 16.3 Å². The third-order valence-corrected chi connectivity index (χ3v) is 7.45. The summed E-state index contributed by atoms with van der Waals surface area (Å²) in [6.45, 7) is 0.631. The fourth-order valence-corrected chi connectivity index (χ4v) is 5.58. The molecule has 0 saturated carbocycles. The van der Waals surface area contributed by atoms with Gasteiger partial charge in [0.2, 0.25) is 5.91 Å². The van der Waals surface area contributed by atoms with Crippen LogP contribution in [-0.2, 0) is 27.8 Å². The zero-order valence-corrected chi connectivity index (χ0v) is 18.9. The van der Waals surface area contributed by atoms with Crippen LogP contribution in [0.15, 0.2) is 77.7 Å². The van der Waals surface area contributed by atoms with Gasteiger partial charge in [-0.1, -0.05) is 65.7 Å². The third kappa shape index (κ3) is 4.71. The molecule has 4 rings (SSSR count). The van der Waals surface area contributed by atoms with Crippen LogP contribution in [0.1, 0.15) is 11.1 Å². The van der Waals surface area contributed by atoms with Crippen molar-refractivity contribution < 1.29 is 13.2 Å².